The van der Waals surface area contributed by atoms with Gasteiger partial charge in [-0.3, -0.25) is 9.59 Å². The van der Waals surface area contributed by atoms with Gasteiger partial charge in [0.25, 0.3) is 0 Å². The molecule has 0 saturated heterocycles. The van der Waals surface area contributed by atoms with Crippen molar-refractivity contribution >= 4 is 41.7 Å². The molecule has 130 valence electrons. The largest absolute Gasteiger partial charge is 0.335 e. The first-order valence-corrected chi connectivity index (χ1v) is 8.61. The number of para-hydroxylation sites is 1. The van der Waals surface area contributed by atoms with Crippen LogP contribution in [0.2, 0.25) is 0 Å². The number of carbonyl (C=O) groups excluding carboxylic acids is 2. The summed E-state index contributed by atoms with van der Waals surface area (Å²) in [6.07, 6.45) is 2.59. The molecule has 0 spiro atoms. The molecule has 0 aliphatic heterocycles. The molecular formula is C16H26ClN3O2S. The lowest BCUT2D eigenvalue weighted by Crippen LogP contribution is -2.45. The summed E-state index contributed by atoms with van der Waals surface area (Å²) >= 11 is 1.65. The molecule has 0 heterocycles. The molecule has 0 aromatic heterocycles. The normalized spacial score (nSPS) is 11.3. The number of anilines is 1. The van der Waals surface area contributed by atoms with E-state index in [1.54, 1.807) is 18.8 Å². The molecule has 5 nitrogen and oxygen atoms in total. The Balaban J connectivity index is 0.00000484. The number of aryl methyl sites for hydroxylation is 2. The molecule has 0 aliphatic carbocycles. The molecular weight excluding hydrogens is 334 g/mol. The fraction of sp³-hybridized carbons (Fsp3) is 0.500. The van der Waals surface area contributed by atoms with Crippen molar-refractivity contribution in [1.82, 2.24) is 4.90 Å². The SMILES string of the molecule is CSCCC(N)C(=O)N(C)CC(=O)Nc1c(C)cccc1C.Cl. The maximum Gasteiger partial charge on any atom is 0.243 e. The van der Waals surface area contributed by atoms with E-state index in [1.165, 1.54) is 4.90 Å². The number of hydrogen-bond donors (Lipinski definition) is 2. The maximum absolute atomic E-state index is 12.1. The van der Waals surface area contributed by atoms with Crippen LogP contribution in [0.3, 0.4) is 0 Å². The molecule has 0 bridgehead atoms. The molecule has 1 atom stereocenters. The molecule has 1 rings (SSSR count). The standard InChI is InChI=1S/C16H25N3O2S.ClH/c1-11-6-5-7-12(2)15(11)18-14(20)10-19(3)16(21)13(17)8-9-22-4;/h5-7,13H,8-10,17H2,1-4H3,(H,18,20);1H. The summed E-state index contributed by atoms with van der Waals surface area (Å²) in [5.41, 5.74) is 8.65. The van der Waals surface area contributed by atoms with Crippen LogP contribution in [0.5, 0.6) is 0 Å². The fourth-order valence-electron chi connectivity index (χ4n) is 2.14. The maximum atomic E-state index is 12.1. The van der Waals surface area contributed by atoms with Gasteiger partial charge >= 0.3 is 0 Å². The molecule has 0 saturated carbocycles. The van der Waals surface area contributed by atoms with E-state index >= 15 is 0 Å². The summed E-state index contributed by atoms with van der Waals surface area (Å²) in [7, 11) is 1.60. The Bertz CT molecular complexity index is 520. The van der Waals surface area contributed by atoms with Gasteiger partial charge in [0.15, 0.2) is 0 Å². The highest BCUT2D eigenvalue weighted by molar-refractivity contribution is 7.98. The Morgan fingerprint density at radius 1 is 1.30 bits per heavy atom. The van der Waals surface area contributed by atoms with Crippen LogP contribution in [-0.4, -0.2) is 48.4 Å². The summed E-state index contributed by atoms with van der Waals surface area (Å²) in [5.74, 6) is 0.408. The van der Waals surface area contributed by atoms with Crippen LogP contribution in [0.15, 0.2) is 18.2 Å². The molecule has 1 aromatic rings. The summed E-state index contributed by atoms with van der Waals surface area (Å²) < 4.78 is 0. The van der Waals surface area contributed by atoms with Crippen LogP contribution >= 0.6 is 24.2 Å². The van der Waals surface area contributed by atoms with Crippen molar-refractivity contribution in [3.8, 4) is 0 Å². The second-order valence-electron chi connectivity index (χ2n) is 5.40. The van der Waals surface area contributed by atoms with E-state index in [2.05, 4.69) is 5.32 Å². The van der Waals surface area contributed by atoms with Gasteiger partial charge in [0.2, 0.25) is 11.8 Å². The van der Waals surface area contributed by atoms with Gasteiger partial charge in [-0.2, -0.15) is 11.8 Å². The third kappa shape index (κ3) is 6.81. The molecule has 0 aliphatic rings. The lowest BCUT2D eigenvalue weighted by molar-refractivity contribution is -0.134. The Hall–Kier alpha value is -1.24. The first kappa shape index (κ1) is 21.8. The van der Waals surface area contributed by atoms with E-state index in [4.69, 9.17) is 5.73 Å². The fourth-order valence-corrected chi connectivity index (χ4v) is 2.62. The molecule has 23 heavy (non-hydrogen) atoms. The third-order valence-electron chi connectivity index (χ3n) is 3.45. The van der Waals surface area contributed by atoms with Crippen molar-refractivity contribution in [2.45, 2.75) is 26.3 Å². The number of nitrogens with two attached hydrogens (primary N) is 1. The van der Waals surface area contributed by atoms with E-state index in [0.29, 0.717) is 6.42 Å². The smallest absolute Gasteiger partial charge is 0.243 e. The van der Waals surface area contributed by atoms with Crippen LogP contribution in [0.25, 0.3) is 0 Å². The zero-order valence-corrected chi connectivity index (χ0v) is 15.7. The quantitative estimate of drug-likeness (QED) is 0.782. The lowest BCUT2D eigenvalue weighted by atomic mass is 10.1. The number of rotatable bonds is 7. The monoisotopic (exact) mass is 359 g/mol. The van der Waals surface area contributed by atoms with Gasteiger partial charge in [-0.1, -0.05) is 18.2 Å². The molecule has 0 radical (unpaired) electrons. The number of benzene rings is 1. The summed E-state index contributed by atoms with van der Waals surface area (Å²) in [5, 5.41) is 2.87. The van der Waals surface area contributed by atoms with Crippen molar-refractivity contribution in [1.29, 1.82) is 0 Å². The van der Waals surface area contributed by atoms with Gasteiger partial charge in [-0.25, -0.2) is 0 Å². The minimum Gasteiger partial charge on any atom is -0.335 e. The van der Waals surface area contributed by atoms with E-state index in [1.807, 2.05) is 38.3 Å². The summed E-state index contributed by atoms with van der Waals surface area (Å²) in [6.45, 7) is 3.88. The predicted octanol–water partition coefficient (Wildman–Crippen LogP) is 2.20. The van der Waals surface area contributed by atoms with Crippen molar-refractivity contribution in [3.05, 3.63) is 29.3 Å². The van der Waals surface area contributed by atoms with E-state index in [0.717, 1.165) is 22.6 Å². The Morgan fingerprint density at radius 3 is 2.39 bits per heavy atom. The number of carbonyl (C=O) groups is 2. The van der Waals surface area contributed by atoms with Crippen molar-refractivity contribution in [2.24, 2.45) is 5.73 Å². The Kier molecular flexibility index (Phi) is 9.95. The number of nitrogens with zero attached hydrogens (tertiary/aromatic N) is 1. The topological polar surface area (TPSA) is 75.4 Å². The van der Waals surface area contributed by atoms with E-state index < -0.39 is 6.04 Å². The van der Waals surface area contributed by atoms with Crippen molar-refractivity contribution in [2.75, 3.05) is 30.9 Å². The van der Waals surface area contributed by atoms with Crippen LogP contribution in [0.4, 0.5) is 5.69 Å². The van der Waals surface area contributed by atoms with E-state index in [-0.39, 0.29) is 30.8 Å². The molecule has 1 unspecified atom stereocenters. The summed E-state index contributed by atoms with van der Waals surface area (Å²) in [4.78, 5) is 25.6. The van der Waals surface area contributed by atoms with E-state index in [9.17, 15) is 9.59 Å². The van der Waals surface area contributed by atoms with Crippen LogP contribution in [0, 0.1) is 13.8 Å². The highest BCUT2D eigenvalue weighted by Gasteiger charge is 2.20. The third-order valence-corrected chi connectivity index (χ3v) is 4.10. The number of amides is 2. The average Bonchev–Trinajstić information content (AvgIpc) is 2.47. The van der Waals surface area contributed by atoms with Gasteiger partial charge in [-0.15, -0.1) is 12.4 Å². The average molecular weight is 360 g/mol. The van der Waals surface area contributed by atoms with Crippen LogP contribution < -0.4 is 11.1 Å². The van der Waals surface area contributed by atoms with Gasteiger partial charge in [-0.05, 0) is 43.4 Å². The number of halogens is 1. The molecule has 1 aromatic carbocycles. The second-order valence-corrected chi connectivity index (χ2v) is 6.38. The predicted molar refractivity (Wildman–Crippen MR) is 100 cm³/mol. The number of likely N-dealkylation sites (N-methyl/N-ethyl adjacent to an activating group) is 1. The second kappa shape index (κ2) is 10.5. The first-order chi connectivity index (χ1) is 10.4. The minimum absolute atomic E-state index is 0. The molecule has 2 amide bonds. The van der Waals surface area contributed by atoms with Crippen molar-refractivity contribution < 1.29 is 9.59 Å². The summed E-state index contributed by atoms with van der Waals surface area (Å²) in [6, 6.07) is 5.28. The van der Waals surface area contributed by atoms with Crippen LogP contribution in [0.1, 0.15) is 17.5 Å². The number of hydrogen-bond acceptors (Lipinski definition) is 4. The van der Waals surface area contributed by atoms with Crippen molar-refractivity contribution in [3.63, 3.8) is 0 Å². The van der Waals surface area contributed by atoms with Gasteiger partial charge in [0, 0.05) is 12.7 Å². The highest BCUT2D eigenvalue weighted by Crippen LogP contribution is 2.19. The van der Waals surface area contributed by atoms with Gasteiger partial charge in [0.1, 0.15) is 0 Å². The van der Waals surface area contributed by atoms with Crippen LogP contribution in [-0.2, 0) is 9.59 Å². The molecule has 3 N–H and O–H groups in total. The highest BCUT2D eigenvalue weighted by atomic mass is 35.5. The zero-order valence-electron chi connectivity index (χ0n) is 14.1. The lowest BCUT2D eigenvalue weighted by Gasteiger charge is -2.21. The Morgan fingerprint density at radius 2 is 1.87 bits per heavy atom. The zero-order chi connectivity index (χ0) is 16.7. The first-order valence-electron chi connectivity index (χ1n) is 7.22. The van der Waals surface area contributed by atoms with Gasteiger partial charge < -0.3 is 16.0 Å². The number of nitrogens with one attached hydrogen (secondary N) is 1. The number of thioether (sulfide) groups is 1. The van der Waals surface area contributed by atoms with Gasteiger partial charge in [0.05, 0.1) is 12.6 Å². The Labute approximate surface area is 148 Å². The molecule has 0 fully saturated rings. The minimum atomic E-state index is -0.551. The molecule has 7 heteroatoms.